The van der Waals surface area contributed by atoms with Gasteiger partial charge in [-0.15, -0.1) is 0 Å². The Morgan fingerprint density at radius 1 is 1.43 bits per heavy atom. The van der Waals surface area contributed by atoms with E-state index in [0.717, 1.165) is 0 Å². The molecule has 0 N–H and O–H groups in total. The van der Waals surface area contributed by atoms with Crippen molar-refractivity contribution < 1.29 is 18.3 Å². The van der Waals surface area contributed by atoms with E-state index in [-0.39, 0.29) is 16.9 Å². The normalized spacial score (nSPS) is 10.4. The summed E-state index contributed by atoms with van der Waals surface area (Å²) >= 11 is 0. The summed E-state index contributed by atoms with van der Waals surface area (Å²) in [4.78, 5) is 10.6. The number of carbonyl (C=O) groups is 1. The van der Waals surface area contributed by atoms with Crippen LogP contribution in [-0.2, 0) is 0 Å². The number of hydrogen-bond donors (Lipinski definition) is 0. The van der Waals surface area contributed by atoms with Crippen molar-refractivity contribution in [2.24, 2.45) is 0 Å². The average molecular weight is 200 g/mol. The molecule has 4 heteroatoms. The topological polar surface area (TPSA) is 26.3 Å². The fourth-order valence-electron chi connectivity index (χ4n) is 1.32. The van der Waals surface area contributed by atoms with Crippen molar-refractivity contribution in [3.8, 4) is 5.75 Å². The van der Waals surface area contributed by atoms with Gasteiger partial charge in [-0.25, -0.2) is 8.78 Å². The number of hydrogen-bond acceptors (Lipinski definition) is 2. The van der Waals surface area contributed by atoms with Crippen LogP contribution in [0.15, 0.2) is 12.1 Å². The van der Waals surface area contributed by atoms with Crippen molar-refractivity contribution in [2.45, 2.75) is 13.3 Å². The third kappa shape index (κ3) is 1.89. The van der Waals surface area contributed by atoms with E-state index in [2.05, 4.69) is 0 Å². The number of halogens is 2. The van der Waals surface area contributed by atoms with Crippen molar-refractivity contribution in [2.75, 3.05) is 7.11 Å². The van der Waals surface area contributed by atoms with Crippen LogP contribution in [0.1, 0.15) is 27.9 Å². The average Bonchev–Trinajstić information content (AvgIpc) is 2.16. The fourth-order valence-corrected chi connectivity index (χ4v) is 1.32. The summed E-state index contributed by atoms with van der Waals surface area (Å²) in [6.45, 7) is 1.65. The molecule has 0 fully saturated rings. The molecule has 0 aliphatic rings. The minimum absolute atomic E-state index is 0.0411. The van der Waals surface area contributed by atoms with Gasteiger partial charge in [0.1, 0.15) is 5.75 Å². The molecule has 0 aliphatic carbocycles. The lowest BCUT2D eigenvalue weighted by atomic mass is 10.1. The molecule has 0 aromatic heterocycles. The van der Waals surface area contributed by atoms with Gasteiger partial charge < -0.3 is 4.74 Å². The van der Waals surface area contributed by atoms with E-state index < -0.39 is 6.43 Å². The van der Waals surface area contributed by atoms with Crippen LogP contribution < -0.4 is 4.74 Å². The zero-order valence-corrected chi connectivity index (χ0v) is 7.88. The largest absolute Gasteiger partial charge is 0.495 e. The van der Waals surface area contributed by atoms with Crippen molar-refractivity contribution in [3.05, 3.63) is 28.8 Å². The molecule has 1 aromatic carbocycles. The van der Waals surface area contributed by atoms with Gasteiger partial charge in [-0.05, 0) is 24.6 Å². The lowest BCUT2D eigenvalue weighted by molar-refractivity contribution is 0.111. The first kappa shape index (κ1) is 10.6. The summed E-state index contributed by atoms with van der Waals surface area (Å²) in [5.74, 6) is -0.0411. The summed E-state index contributed by atoms with van der Waals surface area (Å²) in [6.07, 6.45) is -2.12. The molecule has 0 bridgehead atoms. The second-order valence-electron chi connectivity index (χ2n) is 2.90. The predicted molar refractivity (Wildman–Crippen MR) is 48.1 cm³/mol. The highest BCUT2D eigenvalue weighted by atomic mass is 19.3. The summed E-state index contributed by atoms with van der Waals surface area (Å²) in [7, 11) is 1.27. The van der Waals surface area contributed by atoms with Gasteiger partial charge in [0.2, 0.25) is 0 Å². The second kappa shape index (κ2) is 4.17. The molecule has 0 saturated carbocycles. The van der Waals surface area contributed by atoms with E-state index in [1.54, 1.807) is 6.92 Å². The monoisotopic (exact) mass is 200 g/mol. The van der Waals surface area contributed by atoms with Gasteiger partial charge in [0, 0.05) is 0 Å². The molecule has 0 aliphatic heterocycles. The van der Waals surface area contributed by atoms with Gasteiger partial charge >= 0.3 is 0 Å². The third-order valence-corrected chi connectivity index (χ3v) is 1.86. The Bertz CT molecular complexity index is 348. The quantitative estimate of drug-likeness (QED) is 0.701. The first-order chi connectivity index (χ1) is 6.60. The maximum absolute atomic E-state index is 12.5. The van der Waals surface area contributed by atoms with Crippen molar-refractivity contribution in [1.82, 2.24) is 0 Å². The zero-order chi connectivity index (χ0) is 10.7. The Balaban J connectivity index is 3.39. The Labute approximate surface area is 80.5 Å². The van der Waals surface area contributed by atoms with E-state index in [1.165, 1.54) is 19.2 Å². The zero-order valence-electron chi connectivity index (χ0n) is 7.88. The molecule has 76 valence electrons. The molecular formula is C10H10F2O2. The Hall–Kier alpha value is -1.45. The van der Waals surface area contributed by atoms with Gasteiger partial charge in [0.15, 0.2) is 6.29 Å². The van der Waals surface area contributed by atoms with Crippen LogP contribution in [0, 0.1) is 6.92 Å². The van der Waals surface area contributed by atoms with E-state index in [1.807, 2.05) is 0 Å². The SMILES string of the molecule is COc1c(C=O)cc(C)cc1C(F)F. The number of alkyl halides is 2. The molecule has 0 amide bonds. The molecule has 1 aromatic rings. The van der Waals surface area contributed by atoms with Crippen LogP contribution in [0.5, 0.6) is 5.75 Å². The number of benzene rings is 1. The molecule has 14 heavy (non-hydrogen) atoms. The number of aldehydes is 1. The van der Waals surface area contributed by atoms with Crippen molar-refractivity contribution in [3.63, 3.8) is 0 Å². The van der Waals surface area contributed by atoms with Gasteiger partial charge in [0.25, 0.3) is 6.43 Å². The molecule has 0 radical (unpaired) electrons. The number of aryl methyl sites for hydroxylation is 1. The molecule has 0 atom stereocenters. The van der Waals surface area contributed by atoms with Crippen LogP contribution in [0.3, 0.4) is 0 Å². The highest BCUT2D eigenvalue weighted by Gasteiger charge is 2.17. The molecule has 2 nitrogen and oxygen atoms in total. The van der Waals surface area contributed by atoms with E-state index in [9.17, 15) is 13.6 Å². The Morgan fingerprint density at radius 3 is 2.50 bits per heavy atom. The number of carbonyl (C=O) groups excluding carboxylic acids is 1. The smallest absolute Gasteiger partial charge is 0.267 e. The Morgan fingerprint density at radius 2 is 2.07 bits per heavy atom. The van der Waals surface area contributed by atoms with Crippen molar-refractivity contribution >= 4 is 6.29 Å². The minimum Gasteiger partial charge on any atom is -0.495 e. The number of rotatable bonds is 3. The lowest BCUT2D eigenvalue weighted by Crippen LogP contribution is -1.98. The predicted octanol–water partition coefficient (Wildman–Crippen LogP) is 2.75. The highest BCUT2D eigenvalue weighted by molar-refractivity contribution is 5.80. The maximum Gasteiger partial charge on any atom is 0.267 e. The van der Waals surface area contributed by atoms with Gasteiger partial charge in [-0.2, -0.15) is 0 Å². The van der Waals surface area contributed by atoms with Crippen LogP contribution in [0.25, 0.3) is 0 Å². The number of methoxy groups -OCH3 is 1. The van der Waals surface area contributed by atoms with Gasteiger partial charge in [0.05, 0.1) is 18.2 Å². The van der Waals surface area contributed by atoms with Crippen LogP contribution in [0.4, 0.5) is 8.78 Å². The van der Waals surface area contributed by atoms with Crippen LogP contribution >= 0.6 is 0 Å². The first-order valence-corrected chi connectivity index (χ1v) is 4.02. The Kier molecular flexibility index (Phi) is 3.17. The molecule has 0 spiro atoms. The van der Waals surface area contributed by atoms with E-state index >= 15 is 0 Å². The van der Waals surface area contributed by atoms with Gasteiger partial charge in [-0.3, -0.25) is 4.79 Å². The fraction of sp³-hybridized carbons (Fsp3) is 0.300. The van der Waals surface area contributed by atoms with Gasteiger partial charge in [-0.1, -0.05) is 0 Å². The third-order valence-electron chi connectivity index (χ3n) is 1.86. The first-order valence-electron chi connectivity index (χ1n) is 4.02. The summed E-state index contributed by atoms with van der Waals surface area (Å²) in [5, 5.41) is 0. The summed E-state index contributed by atoms with van der Waals surface area (Å²) < 4.78 is 29.8. The second-order valence-corrected chi connectivity index (χ2v) is 2.90. The molecule has 0 unspecified atom stereocenters. The van der Waals surface area contributed by atoms with E-state index in [4.69, 9.17) is 4.74 Å². The number of ether oxygens (including phenoxy) is 1. The highest BCUT2D eigenvalue weighted by Crippen LogP contribution is 2.32. The molecule has 0 heterocycles. The lowest BCUT2D eigenvalue weighted by Gasteiger charge is -2.10. The van der Waals surface area contributed by atoms with Crippen LogP contribution in [0.2, 0.25) is 0 Å². The van der Waals surface area contributed by atoms with E-state index in [0.29, 0.717) is 11.8 Å². The summed E-state index contributed by atoms with van der Waals surface area (Å²) in [5.41, 5.74) is 0.528. The molecular weight excluding hydrogens is 190 g/mol. The maximum atomic E-state index is 12.5. The molecule has 0 saturated heterocycles. The minimum atomic E-state index is -2.64. The molecule has 1 rings (SSSR count). The van der Waals surface area contributed by atoms with Crippen LogP contribution in [-0.4, -0.2) is 13.4 Å². The van der Waals surface area contributed by atoms with Crippen molar-refractivity contribution in [1.29, 1.82) is 0 Å². The summed E-state index contributed by atoms with van der Waals surface area (Å²) in [6, 6.07) is 2.83. The standard InChI is InChI=1S/C10H10F2O2/c1-6-3-7(5-13)9(14-2)8(4-6)10(11)12/h3-5,10H,1-2H3.